The maximum absolute atomic E-state index is 12.0. The maximum Gasteiger partial charge on any atom is 0.231 e. The molecule has 98 valence electrons. The topological polar surface area (TPSA) is 41.4 Å². The van der Waals surface area contributed by atoms with Gasteiger partial charge in [0.15, 0.2) is 0 Å². The fraction of sp³-hybridized carbons (Fsp3) is 0.692. The molecule has 1 atom stereocenters. The molecular weight excluding hydrogens is 228 g/mol. The van der Waals surface area contributed by atoms with Gasteiger partial charge in [-0.15, -0.1) is 0 Å². The van der Waals surface area contributed by atoms with Crippen LogP contribution in [0.5, 0.6) is 0 Å². The van der Waals surface area contributed by atoms with E-state index in [-0.39, 0.29) is 5.41 Å². The molecule has 1 spiro atoms. The minimum absolute atomic E-state index is 0.0852. The van der Waals surface area contributed by atoms with E-state index in [4.69, 9.17) is 0 Å². The van der Waals surface area contributed by atoms with E-state index in [9.17, 15) is 4.79 Å². The average molecular weight is 248 g/mol. The number of carbonyl (C=O) groups excluding carboxylic acids is 1. The molecule has 0 aromatic carbocycles. The number of β-lactam (4-membered cyclic amide) rings is 1. The van der Waals surface area contributed by atoms with Gasteiger partial charge in [0.25, 0.3) is 0 Å². The summed E-state index contributed by atoms with van der Waals surface area (Å²) in [5.41, 5.74) is -0.0852. The van der Waals surface area contributed by atoms with E-state index in [1.807, 2.05) is 31.4 Å². The van der Waals surface area contributed by atoms with Gasteiger partial charge in [-0.25, -0.2) is 4.98 Å². The van der Waals surface area contributed by atoms with Crippen LogP contribution in [-0.2, 0) is 18.4 Å². The van der Waals surface area contributed by atoms with Crippen LogP contribution < -0.4 is 0 Å². The third kappa shape index (κ3) is 1.73. The highest BCUT2D eigenvalue weighted by Crippen LogP contribution is 2.39. The Balaban J connectivity index is 1.68. The fourth-order valence-corrected chi connectivity index (χ4v) is 3.32. The second-order valence-electron chi connectivity index (χ2n) is 5.71. The molecule has 3 heterocycles. The molecular formula is C13H20N4O. The van der Waals surface area contributed by atoms with E-state index < -0.39 is 0 Å². The minimum atomic E-state index is -0.0852. The molecule has 2 aliphatic heterocycles. The lowest BCUT2D eigenvalue weighted by Crippen LogP contribution is -2.65. The standard InChI is InChI=1S/C13H20N4O/c1-15-7-5-14-11(15)8-17-6-3-4-13(10-17)9-16(2)12(13)18/h5,7H,3-4,6,8-10H2,1-2H3/t13-/m1/s1. The molecule has 0 unspecified atom stereocenters. The molecule has 0 radical (unpaired) electrons. The second kappa shape index (κ2) is 4.09. The highest BCUT2D eigenvalue weighted by Gasteiger charge is 2.52. The van der Waals surface area contributed by atoms with Crippen LogP contribution in [0.4, 0.5) is 0 Å². The largest absolute Gasteiger partial charge is 0.344 e. The van der Waals surface area contributed by atoms with Crippen LogP contribution in [0.2, 0.25) is 0 Å². The van der Waals surface area contributed by atoms with E-state index in [1.54, 1.807) is 0 Å². The van der Waals surface area contributed by atoms with Crippen LogP contribution in [0, 0.1) is 5.41 Å². The highest BCUT2D eigenvalue weighted by atomic mass is 16.2. The average Bonchev–Trinajstić information content (AvgIpc) is 2.75. The van der Waals surface area contributed by atoms with Crippen molar-refractivity contribution < 1.29 is 4.79 Å². The molecule has 5 heteroatoms. The number of aryl methyl sites for hydroxylation is 1. The normalized spacial score (nSPS) is 28.8. The van der Waals surface area contributed by atoms with E-state index >= 15 is 0 Å². The first kappa shape index (κ1) is 11.7. The van der Waals surface area contributed by atoms with Gasteiger partial charge in [-0.1, -0.05) is 0 Å². The number of hydrogen-bond donors (Lipinski definition) is 0. The molecule has 18 heavy (non-hydrogen) atoms. The number of piperidine rings is 1. The van der Waals surface area contributed by atoms with Crippen molar-refractivity contribution in [3.63, 3.8) is 0 Å². The Labute approximate surface area is 107 Å². The lowest BCUT2D eigenvalue weighted by molar-refractivity contribution is -0.163. The van der Waals surface area contributed by atoms with Crippen molar-refractivity contribution in [2.24, 2.45) is 12.5 Å². The minimum Gasteiger partial charge on any atom is -0.344 e. The summed E-state index contributed by atoms with van der Waals surface area (Å²) in [7, 11) is 3.91. The third-order valence-corrected chi connectivity index (χ3v) is 4.28. The third-order valence-electron chi connectivity index (χ3n) is 4.28. The predicted molar refractivity (Wildman–Crippen MR) is 67.8 cm³/mol. The first-order chi connectivity index (χ1) is 8.61. The molecule has 0 N–H and O–H groups in total. The molecule has 1 aromatic heterocycles. The summed E-state index contributed by atoms with van der Waals surface area (Å²) in [6.45, 7) is 3.74. The number of carbonyl (C=O) groups is 1. The quantitative estimate of drug-likeness (QED) is 0.715. The summed E-state index contributed by atoms with van der Waals surface area (Å²) >= 11 is 0. The van der Waals surface area contributed by atoms with Crippen molar-refractivity contribution in [3.8, 4) is 0 Å². The lowest BCUT2D eigenvalue weighted by Gasteiger charge is -2.51. The maximum atomic E-state index is 12.0. The van der Waals surface area contributed by atoms with Gasteiger partial charge in [0, 0.05) is 39.6 Å². The Bertz CT molecular complexity index is 465. The van der Waals surface area contributed by atoms with E-state index in [0.29, 0.717) is 5.91 Å². The number of likely N-dealkylation sites (tertiary alicyclic amines) is 2. The van der Waals surface area contributed by atoms with Crippen molar-refractivity contribution >= 4 is 5.91 Å². The molecule has 5 nitrogen and oxygen atoms in total. The molecule has 0 bridgehead atoms. The Morgan fingerprint density at radius 1 is 1.39 bits per heavy atom. The van der Waals surface area contributed by atoms with Crippen molar-refractivity contribution in [2.45, 2.75) is 19.4 Å². The van der Waals surface area contributed by atoms with Crippen molar-refractivity contribution in [1.82, 2.24) is 19.4 Å². The molecule has 2 aliphatic rings. The van der Waals surface area contributed by atoms with Crippen molar-refractivity contribution in [2.75, 3.05) is 26.7 Å². The van der Waals surface area contributed by atoms with Gasteiger partial charge < -0.3 is 9.47 Å². The number of amides is 1. The van der Waals surface area contributed by atoms with Gasteiger partial charge in [0.1, 0.15) is 5.82 Å². The number of rotatable bonds is 2. The van der Waals surface area contributed by atoms with Gasteiger partial charge in [-0.3, -0.25) is 9.69 Å². The summed E-state index contributed by atoms with van der Waals surface area (Å²) in [4.78, 5) is 20.6. The van der Waals surface area contributed by atoms with E-state index in [1.165, 1.54) is 0 Å². The molecule has 0 saturated carbocycles. The van der Waals surface area contributed by atoms with Crippen LogP contribution in [0.25, 0.3) is 0 Å². The smallest absolute Gasteiger partial charge is 0.231 e. The number of nitrogens with zero attached hydrogens (tertiary/aromatic N) is 4. The van der Waals surface area contributed by atoms with E-state index in [0.717, 1.165) is 44.8 Å². The second-order valence-corrected chi connectivity index (χ2v) is 5.71. The zero-order valence-corrected chi connectivity index (χ0v) is 11.1. The highest BCUT2D eigenvalue weighted by molar-refractivity contribution is 5.88. The fourth-order valence-electron chi connectivity index (χ4n) is 3.32. The van der Waals surface area contributed by atoms with Crippen molar-refractivity contribution in [1.29, 1.82) is 0 Å². The molecule has 2 saturated heterocycles. The molecule has 3 rings (SSSR count). The number of imidazole rings is 1. The number of aromatic nitrogens is 2. The zero-order chi connectivity index (χ0) is 12.8. The van der Waals surface area contributed by atoms with E-state index in [2.05, 4.69) is 14.5 Å². The Hall–Kier alpha value is -1.36. The summed E-state index contributed by atoms with van der Waals surface area (Å²) in [5, 5.41) is 0. The molecule has 1 amide bonds. The van der Waals surface area contributed by atoms with Crippen LogP contribution in [0.15, 0.2) is 12.4 Å². The molecule has 0 aliphatic carbocycles. The van der Waals surface area contributed by atoms with Crippen LogP contribution in [0.3, 0.4) is 0 Å². The Morgan fingerprint density at radius 3 is 2.83 bits per heavy atom. The van der Waals surface area contributed by atoms with Crippen LogP contribution >= 0.6 is 0 Å². The zero-order valence-electron chi connectivity index (χ0n) is 11.1. The van der Waals surface area contributed by atoms with Gasteiger partial charge >= 0.3 is 0 Å². The van der Waals surface area contributed by atoms with Crippen LogP contribution in [-0.4, -0.2) is 51.9 Å². The summed E-state index contributed by atoms with van der Waals surface area (Å²) in [6, 6.07) is 0. The molecule has 2 fully saturated rings. The van der Waals surface area contributed by atoms with Gasteiger partial charge in [0.2, 0.25) is 5.91 Å². The van der Waals surface area contributed by atoms with Gasteiger partial charge in [-0.2, -0.15) is 0 Å². The van der Waals surface area contributed by atoms with Crippen molar-refractivity contribution in [3.05, 3.63) is 18.2 Å². The van der Waals surface area contributed by atoms with Gasteiger partial charge in [0.05, 0.1) is 12.0 Å². The summed E-state index contributed by atoms with van der Waals surface area (Å²) in [6.07, 6.45) is 5.96. The summed E-state index contributed by atoms with van der Waals surface area (Å²) < 4.78 is 2.05. The first-order valence-corrected chi connectivity index (χ1v) is 6.55. The Kier molecular flexibility index (Phi) is 2.66. The first-order valence-electron chi connectivity index (χ1n) is 6.55. The van der Waals surface area contributed by atoms with Crippen LogP contribution in [0.1, 0.15) is 18.7 Å². The SMILES string of the molecule is CN1C[C@@]2(CCCN(Cc3nccn3C)C2)C1=O. The monoisotopic (exact) mass is 248 g/mol. The summed E-state index contributed by atoms with van der Waals surface area (Å²) in [5.74, 6) is 1.40. The Morgan fingerprint density at radius 2 is 2.22 bits per heavy atom. The van der Waals surface area contributed by atoms with Gasteiger partial charge in [-0.05, 0) is 19.4 Å². The predicted octanol–water partition coefficient (Wildman–Crippen LogP) is 0.474. The lowest BCUT2D eigenvalue weighted by atomic mass is 9.72. The molecule has 1 aromatic rings. The number of hydrogen-bond acceptors (Lipinski definition) is 3.